The van der Waals surface area contributed by atoms with Crippen molar-refractivity contribution in [3.8, 4) is 11.5 Å². The number of ether oxygens (including phenoxy) is 3. The molecule has 1 saturated heterocycles. The van der Waals surface area contributed by atoms with Crippen molar-refractivity contribution in [3.63, 3.8) is 0 Å². The highest BCUT2D eigenvalue weighted by Crippen LogP contribution is 2.46. The van der Waals surface area contributed by atoms with Gasteiger partial charge in [0.1, 0.15) is 11.9 Å². The first-order valence-corrected chi connectivity index (χ1v) is 9.96. The molecule has 1 aromatic rings. The minimum absolute atomic E-state index is 0.0391. The van der Waals surface area contributed by atoms with E-state index in [0.717, 1.165) is 37.3 Å². The van der Waals surface area contributed by atoms with Gasteiger partial charge in [0.25, 0.3) is 0 Å². The number of fused-ring (bicyclic) bond motifs is 4. The van der Waals surface area contributed by atoms with Crippen LogP contribution in [0, 0.1) is 5.92 Å². The van der Waals surface area contributed by atoms with Gasteiger partial charge in [0.2, 0.25) is 0 Å². The molecular weight excluding hydrogens is 342 g/mol. The van der Waals surface area contributed by atoms with E-state index in [9.17, 15) is 5.11 Å². The highest BCUT2D eigenvalue weighted by molar-refractivity contribution is 5.53. The molecular formula is C22H27NO4. The van der Waals surface area contributed by atoms with Gasteiger partial charge in [-0.3, -0.25) is 4.90 Å². The van der Waals surface area contributed by atoms with Crippen molar-refractivity contribution in [2.45, 2.75) is 58.4 Å². The van der Waals surface area contributed by atoms with E-state index in [1.54, 1.807) is 6.07 Å². The van der Waals surface area contributed by atoms with Crippen molar-refractivity contribution in [1.29, 1.82) is 0 Å². The van der Waals surface area contributed by atoms with E-state index in [4.69, 9.17) is 14.2 Å². The van der Waals surface area contributed by atoms with Crippen molar-refractivity contribution < 1.29 is 19.3 Å². The maximum absolute atomic E-state index is 10.4. The van der Waals surface area contributed by atoms with E-state index in [0.29, 0.717) is 24.5 Å². The van der Waals surface area contributed by atoms with Crippen LogP contribution in [0.4, 0.5) is 0 Å². The Morgan fingerprint density at radius 2 is 2.15 bits per heavy atom. The molecule has 0 bridgehead atoms. The van der Waals surface area contributed by atoms with Crippen LogP contribution in [0.2, 0.25) is 0 Å². The average Bonchev–Trinajstić information content (AvgIpc) is 3.11. The molecule has 1 aliphatic carbocycles. The van der Waals surface area contributed by atoms with Gasteiger partial charge in [-0.1, -0.05) is 13.0 Å². The summed E-state index contributed by atoms with van der Waals surface area (Å²) in [6.07, 6.45) is 4.31. The summed E-state index contributed by atoms with van der Waals surface area (Å²) in [5, 5.41) is 10.4. The molecule has 1 N–H and O–H groups in total. The summed E-state index contributed by atoms with van der Waals surface area (Å²) in [4.78, 5) is 2.54. The number of aromatic hydroxyl groups is 1. The largest absolute Gasteiger partial charge is 0.504 e. The highest BCUT2D eigenvalue weighted by atomic mass is 16.7. The summed E-state index contributed by atoms with van der Waals surface area (Å²) < 4.78 is 17.5. The summed E-state index contributed by atoms with van der Waals surface area (Å²) in [5.74, 6) is 2.24. The SMILES string of the molecule is CC(C)Oc1c(O)ccc2c1CN1CCC3=C(C(C)C4OCOC4=C3)C1C2. The lowest BCUT2D eigenvalue weighted by molar-refractivity contribution is 0.0331. The summed E-state index contributed by atoms with van der Waals surface area (Å²) in [7, 11) is 0. The average molecular weight is 369 g/mol. The number of hydrogen-bond acceptors (Lipinski definition) is 5. The summed E-state index contributed by atoms with van der Waals surface area (Å²) in [6.45, 7) is 8.47. The van der Waals surface area contributed by atoms with Gasteiger partial charge in [0.15, 0.2) is 18.3 Å². The topological polar surface area (TPSA) is 51.2 Å². The van der Waals surface area contributed by atoms with Crippen LogP contribution in [0.5, 0.6) is 11.5 Å². The van der Waals surface area contributed by atoms with Gasteiger partial charge < -0.3 is 19.3 Å². The lowest BCUT2D eigenvalue weighted by Gasteiger charge is -2.46. The number of hydrogen-bond donors (Lipinski definition) is 1. The number of phenols is 1. The molecule has 3 atom stereocenters. The van der Waals surface area contributed by atoms with Gasteiger partial charge in [-0.2, -0.15) is 0 Å². The summed E-state index contributed by atoms with van der Waals surface area (Å²) in [5.41, 5.74) is 5.36. The molecule has 0 saturated carbocycles. The molecule has 3 aliphatic heterocycles. The van der Waals surface area contributed by atoms with Crippen LogP contribution in [0.25, 0.3) is 0 Å². The second kappa shape index (κ2) is 6.28. The van der Waals surface area contributed by atoms with Crippen LogP contribution >= 0.6 is 0 Å². The van der Waals surface area contributed by atoms with Gasteiger partial charge in [-0.25, -0.2) is 0 Å². The van der Waals surface area contributed by atoms with Gasteiger partial charge >= 0.3 is 0 Å². The first kappa shape index (κ1) is 17.1. The Hall–Kier alpha value is -1.98. The molecule has 0 aromatic heterocycles. The number of phenolic OH excluding ortho intramolecular Hbond substituents is 1. The quantitative estimate of drug-likeness (QED) is 0.865. The fourth-order valence-corrected chi connectivity index (χ4v) is 5.14. The molecule has 3 heterocycles. The minimum atomic E-state index is 0.0391. The van der Waals surface area contributed by atoms with E-state index in [1.807, 2.05) is 13.8 Å². The predicted octanol–water partition coefficient (Wildman–Crippen LogP) is 3.51. The maximum atomic E-state index is 10.4. The third-order valence-corrected chi connectivity index (χ3v) is 6.32. The Kier molecular flexibility index (Phi) is 3.99. The van der Waals surface area contributed by atoms with E-state index < -0.39 is 0 Å². The van der Waals surface area contributed by atoms with Crippen LogP contribution in [0.1, 0.15) is 38.3 Å². The number of benzene rings is 1. The molecule has 1 fully saturated rings. The number of rotatable bonds is 2. The second-order valence-electron chi connectivity index (χ2n) is 8.32. The van der Waals surface area contributed by atoms with Crippen LogP contribution in [-0.4, -0.2) is 41.6 Å². The molecule has 5 nitrogen and oxygen atoms in total. The molecule has 5 rings (SSSR count). The maximum Gasteiger partial charge on any atom is 0.189 e. The summed E-state index contributed by atoms with van der Waals surface area (Å²) >= 11 is 0. The Bertz CT molecular complexity index is 841. The Morgan fingerprint density at radius 1 is 1.30 bits per heavy atom. The molecule has 1 aromatic carbocycles. The smallest absolute Gasteiger partial charge is 0.189 e. The highest BCUT2D eigenvalue weighted by Gasteiger charge is 2.43. The number of nitrogens with zero attached hydrogens (tertiary/aromatic N) is 1. The third-order valence-electron chi connectivity index (χ3n) is 6.32. The van der Waals surface area contributed by atoms with Gasteiger partial charge in [-0.05, 0) is 55.5 Å². The molecule has 0 amide bonds. The van der Waals surface area contributed by atoms with E-state index in [-0.39, 0.29) is 18.0 Å². The Labute approximate surface area is 160 Å². The first-order chi connectivity index (χ1) is 13.0. The molecule has 0 spiro atoms. The van der Waals surface area contributed by atoms with Gasteiger partial charge in [0.05, 0.1) is 6.10 Å². The van der Waals surface area contributed by atoms with Gasteiger partial charge in [-0.15, -0.1) is 0 Å². The lowest BCUT2D eigenvalue weighted by atomic mass is 9.74. The Morgan fingerprint density at radius 3 is 2.96 bits per heavy atom. The Balaban J connectivity index is 1.53. The third kappa shape index (κ3) is 2.67. The normalized spacial score (nSPS) is 29.5. The first-order valence-electron chi connectivity index (χ1n) is 9.96. The molecule has 144 valence electrons. The van der Waals surface area contributed by atoms with Crippen LogP contribution < -0.4 is 4.74 Å². The van der Waals surface area contributed by atoms with Crippen LogP contribution in [0.15, 0.2) is 35.1 Å². The van der Waals surface area contributed by atoms with Crippen molar-refractivity contribution in [1.82, 2.24) is 4.90 Å². The summed E-state index contributed by atoms with van der Waals surface area (Å²) in [6, 6.07) is 4.23. The van der Waals surface area contributed by atoms with E-state index >= 15 is 0 Å². The van der Waals surface area contributed by atoms with Gasteiger partial charge in [0, 0.05) is 30.6 Å². The van der Waals surface area contributed by atoms with E-state index in [1.165, 1.54) is 16.7 Å². The fourth-order valence-electron chi connectivity index (χ4n) is 5.14. The number of allylic oxidation sites excluding steroid dienone is 1. The molecule has 27 heavy (non-hydrogen) atoms. The van der Waals surface area contributed by atoms with Crippen molar-refractivity contribution in [3.05, 3.63) is 46.2 Å². The molecule has 0 radical (unpaired) electrons. The zero-order valence-electron chi connectivity index (χ0n) is 16.2. The fraction of sp³-hybridized carbons (Fsp3) is 0.545. The standard InChI is InChI=1S/C22H27NO4/c1-12(2)27-22-16-10-23-7-6-15-9-19-21(26-11-25-19)13(3)20(15)17(23)8-14(16)4-5-18(22)24/h4-5,9,12-13,17,21,24H,6-8,10-11H2,1-3H3. The second-order valence-corrected chi connectivity index (χ2v) is 8.32. The minimum Gasteiger partial charge on any atom is -0.504 e. The van der Waals surface area contributed by atoms with Crippen molar-refractivity contribution in [2.75, 3.05) is 13.3 Å². The molecule has 4 aliphatic rings. The van der Waals surface area contributed by atoms with Crippen molar-refractivity contribution >= 4 is 0 Å². The van der Waals surface area contributed by atoms with E-state index in [2.05, 4.69) is 24.0 Å². The lowest BCUT2D eigenvalue weighted by Crippen LogP contribution is -2.48. The zero-order valence-corrected chi connectivity index (χ0v) is 16.2. The molecule has 5 heteroatoms. The molecule has 3 unspecified atom stereocenters. The zero-order chi connectivity index (χ0) is 18.7. The predicted molar refractivity (Wildman–Crippen MR) is 101 cm³/mol. The monoisotopic (exact) mass is 369 g/mol. The van der Waals surface area contributed by atoms with Crippen LogP contribution in [-0.2, 0) is 22.4 Å². The van der Waals surface area contributed by atoms with Crippen molar-refractivity contribution in [2.24, 2.45) is 5.92 Å². The van der Waals surface area contributed by atoms with Crippen LogP contribution in [0.3, 0.4) is 0 Å².